The highest BCUT2D eigenvalue weighted by atomic mass is 35.5. The van der Waals surface area contributed by atoms with Crippen LogP contribution in [-0.2, 0) is 9.59 Å². The summed E-state index contributed by atoms with van der Waals surface area (Å²) >= 11 is 7.46. The molecule has 2 aromatic carbocycles. The van der Waals surface area contributed by atoms with Crippen LogP contribution in [-0.4, -0.2) is 32.3 Å². The van der Waals surface area contributed by atoms with Gasteiger partial charge in [0.15, 0.2) is 0 Å². The Balaban J connectivity index is 1.44. The molecular weight excluding hydrogens is 410 g/mol. The van der Waals surface area contributed by atoms with E-state index in [4.69, 9.17) is 11.6 Å². The van der Waals surface area contributed by atoms with Crippen molar-refractivity contribution in [2.75, 3.05) is 16.4 Å². The van der Waals surface area contributed by atoms with Crippen LogP contribution in [0.1, 0.15) is 19.4 Å². The van der Waals surface area contributed by atoms with Gasteiger partial charge in [-0.05, 0) is 55.5 Å². The zero-order valence-corrected chi connectivity index (χ0v) is 17.3. The van der Waals surface area contributed by atoms with Gasteiger partial charge in [0.1, 0.15) is 18.7 Å². The average molecular weight is 430 g/mol. The van der Waals surface area contributed by atoms with Gasteiger partial charge in [0, 0.05) is 33.5 Å². The molecule has 1 unspecified atom stereocenters. The molecule has 3 rings (SSSR count). The zero-order valence-electron chi connectivity index (χ0n) is 15.7. The van der Waals surface area contributed by atoms with E-state index in [1.54, 1.807) is 43.0 Å². The number of anilines is 2. The van der Waals surface area contributed by atoms with Crippen LogP contribution in [0.15, 0.2) is 66.1 Å². The lowest BCUT2D eigenvalue weighted by Gasteiger charge is -2.12. The van der Waals surface area contributed by atoms with Crippen LogP contribution >= 0.6 is 23.4 Å². The van der Waals surface area contributed by atoms with Crippen molar-refractivity contribution < 1.29 is 9.59 Å². The summed E-state index contributed by atoms with van der Waals surface area (Å²) in [6, 6.07) is 14.0. The monoisotopic (exact) mass is 429 g/mol. The molecule has 0 aliphatic rings. The van der Waals surface area contributed by atoms with Crippen LogP contribution in [0.3, 0.4) is 0 Å². The normalized spacial score (nSPS) is 11.7. The third-order valence-electron chi connectivity index (χ3n) is 4.06. The first-order valence-electron chi connectivity index (χ1n) is 8.94. The molecule has 2 N–H and O–H groups in total. The Bertz CT molecular complexity index is 946. The lowest BCUT2D eigenvalue weighted by molar-refractivity contribution is -0.119. The zero-order chi connectivity index (χ0) is 20.6. The maximum atomic E-state index is 12.2. The lowest BCUT2D eigenvalue weighted by atomic mass is 10.2. The molecule has 3 aromatic rings. The van der Waals surface area contributed by atoms with Crippen LogP contribution < -0.4 is 10.6 Å². The van der Waals surface area contributed by atoms with Crippen LogP contribution in [0.25, 0.3) is 0 Å². The van der Waals surface area contributed by atoms with Crippen LogP contribution in [0, 0.1) is 0 Å². The Labute approximate surface area is 177 Å². The molecule has 0 fully saturated rings. The Hall–Kier alpha value is -2.84. The van der Waals surface area contributed by atoms with Gasteiger partial charge in [-0.25, -0.2) is 9.67 Å². The van der Waals surface area contributed by atoms with E-state index >= 15 is 0 Å². The number of benzene rings is 2. The summed E-state index contributed by atoms with van der Waals surface area (Å²) in [6.07, 6.45) is 3.27. The van der Waals surface area contributed by atoms with Crippen LogP contribution in [0.5, 0.6) is 0 Å². The number of rotatable bonds is 8. The van der Waals surface area contributed by atoms with E-state index in [2.05, 4.69) is 20.7 Å². The predicted octanol–water partition coefficient (Wildman–Crippen LogP) is 4.25. The van der Waals surface area contributed by atoms with Crippen molar-refractivity contribution in [3.05, 3.63) is 66.2 Å². The van der Waals surface area contributed by atoms with Crippen LogP contribution in [0.4, 0.5) is 11.4 Å². The molecule has 1 heterocycles. The Morgan fingerprint density at radius 2 is 1.72 bits per heavy atom. The molecule has 0 bridgehead atoms. The summed E-state index contributed by atoms with van der Waals surface area (Å²) in [5.74, 6) is 0.400. The minimum absolute atomic E-state index is 0.0666. The SMILES string of the molecule is CC(C(=O)Nc1ccc(NC(=O)CCSc2ccc(Cl)cc2)cc1)n1cncn1. The number of nitrogens with zero attached hydrogens (tertiary/aromatic N) is 3. The van der Waals surface area contributed by atoms with Crippen molar-refractivity contribution in [2.24, 2.45) is 0 Å². The van der Waals surface area contributed by atoms with Crippen molar-refractivity contribution in [3.63, 3.8) is 0 Å². The Morgan fingerprint density at radius 1 is 1.07 bits per heavy atom. The number of carbonyl (C=O) groups is 2. The van der Waals surface area contributed by atoms with Crippen molar-refractivity contribution in [2.45, 2.75) is 24.3 Å². The van der Waals surface area contributed by atoms with E-state index in [-0.39, 0.29) is 11.8 Å². The highest BCUT2D eigenvalue weighted by Crippen LogP contribution is 2.21. The summed E-state index contributed by atoms with van der Waals surface area (Å²) in [7, 11) is 0. The lowest BCUT2D eigenvalue weighted by Crippen LogP contribution is -2.24. The molecule has 0 aliphatic carbocycles. The van der Waals surface area contributed by atoms with Crippen molar-refractivity contribution >= 4 is 46.6 Å². The summed E-state index contributed by atoms with van der Waals surface area (Å²) in [5, 5.41) is 10.3. The minimum Gasteiger partial charge on any atom is -0.326 e. The molecular formula is C20H20ClN5O2S. The molecule has 7 nitrogen and oxygen atoms in total. The maximum Gasteiger partial charge on any atom is 0.249 e. The predicted molar refractivity (Wildman–Crippen MR) is 115 cm³/mol. The van der Waals surface area contributed by atoms with Crippen LogP contribution in [0.2, 0.25) is 5.02 Å². The molecule has 0 saturated carbocycles. The molecule has 29 heavy (non-hydrogen) atoms. The Morgan fingerprint density at radius 3 is 2.34 bits per heavy atom. The smallest absolute Gasteiger partial charge is 0.249 e. The third-order valence-corrected chi connectivity index (χ3v) is 5.33. The molecule has 0 aliphatic heterocycles. The van der Waals surface area contributed by atoms with Crippen molar-refractivity contribution in [3.8, 4) is 0 Å². The highest BCUT2D eigenvalue weighted by Gasteiger charge is 2.15. The van der Waals surface area contributed by atoms with Gasteiger partial charge in [-0.15, -0.1) is 11.8 Å². The summed E-state index contributed by atoms with van der Waals surface area (Å²) in [5.41, 5.74) is 1.31. The average Bonchev–Trinajstić information content (AvgIpc) is 3.25. The first-order chi connectivity index (χ1) is 14.0. The first kappa shape index (κ1) is 20.9. The van der Waals surface area contributed by atoms with E-state index in [1.165, 1.54) is 17.3 Å². The summed E-state index contributed by atoms with van der Waals surface area (Å²) in [6.45, 7) is 1.74. The van der Waals surface area contributed by atoms with Gasteiger partial charge >= 0.3 is 0 Å². The number of nitrogens with one attached hydrogen (secondary N) is 2. The summed E-state index contributed by atoms with van der Waals surface area (Å²) in [4.78, 5) is 29.3. The highest BCUT2D eigenvalue weighted by molar-refractivity contribution is 7.99. The molecule has 0 saturated heterocycles. The van der Waals surface area contributed by atoms with Gasteiger partial charge in [0.2, 0.25) is 11.8 Å². The van der Waals surface area contributed by atoms with E-state index < -0.39 is 6.04 Å². The van der Waals surface area contributed by atoms with E-state index in [0.29, 0.717) is 28.6 Å². The molecule has 0 spiro atoms. The molecule has 1 atom stereocenters. The third kappa shape index (κ3) is 6.33. The number of amides is 2. The van der Waals surface area contributed by atoms with Gasteiger partial charge in [0.05, 0.1) is 0 Å². The number of thioether (sulfide) groups is 1. The number of carbonyl (C=O) groups excluding carboxylic acids is 2. The van der Waals surface area contributed by atoms with Crippen molar-refractivity contribution in [1.29, 1.82) is 0 Å². The number of hydrogen-bond donors (Lipinski definition) is 2. The minimum atomic E-state index is -0.477. The van der Waals surface area contributed by atoms with E-state index in [1.807, 2.05) is 24.3 Å². The second-order valence-corrected chi connectivity index (χ2v) is 7.82. The second kappa shape index (κ2) is 10.1. The Kier molecular flexibility index (Phi) is 7.26. The number of aromatic nitrogens is 3. The van der Waals surface area contributed by atoms with Gasteiger partial charge in [-0.2, -0.15) is 5.10 Å². The molecule has 0 radical (unpaired) electrons. The van der Waals surface area contributed by atoms with E-state index in [9.17, 15) is 9.59 Å². The summed E-state index contributed by atoms with van der Waals surface area (Å²) < 4.78 is 1.48. The fraction of sp³-hybridized carbons (Fsp3) is 0.200. The van der Waals surface area contributed by atoms with Gasteiger partial charge in [-0.1, -0.05) is 11.6 Å². The molecule has 150 valence electrons. The first-order valence-corrected chi connectivity index (χ1v) is 10.3. The standard InChI is InChI=1S/C20H20ClN5O2S/c1-14(26-13-22-12-23-26)20(28)25-17-6-4-16(5-7-17)24-19(27)10-11-29-18-8-2-15(21)3-9-18/h2-9,12-14H,10-11H2,1H3,(H,24,27)(H,25,28). The fourth-order valence-electron chi connectivity index (χ4n) is 2.44. The molecule has 9 heteroatoms. The van der Waals surface area contributed by atoms with Crippen molar-refractivity contribution in [1.82, 2.24) is 14.8 Å². The molecule has 1 aromatic heterocycles. The second-order valence-electron chi connectivity index (χ2n) is 6.22. The number of halogens is 1. The molecule has 2 amide bonds. The van der Waals surface area contributed by atoms with E-state index in [0.717, 1.165) is 4.90 Å². The number of hydrogen-bond acceptors (Lipinski definition) is 5. The van der Waals surface area contributed by atoms with Gasteiger partial charge in [0.25, 0.3) is 0 Å². The van der Waals surface area contributed by atoms with Gasteiger partial charge < -0.3 is 10.6 Å². The maximum absolute atomic E-state index is 12.2. The fourth-order valence-corrected chi connectivity index (χ4v) is 3.41. The topological polar surface area (TPSA) is 88.9 Å². The van der Waals surface area contributed by atoms with Gasteiger partial charge in [-0.3, -0.25) is 9.59 Å². The quantitative estimate of drug-likeness (QED) is 0.522. The largest absolute Gasteiger partial charge is 0.326 e.